The summed E-state index contributed by atoms with van der Waals surface area (Å²) in [6, 6.07) is 4.71. The standard InChI is InChI=1S/C10H13ClFNO/c1-7(6-14-2)13-8-3-4-10(12)9(11)5-8/h3-5,7,13H,6H2,1-2H3/t7-/m0/s1. The highest BCUT2D eigenvalue weighted by Gasteiger charge is 2.03. The van der Waals surface area contributed by atoms with Crippen LogP contribution in [-0.4, -0.2) is 19.8 Å². The summed E-state index contributed by atoms with van der Waals surface area (Å²) in [5, 5.41) is 3.26. The number of anilines is 1. The van der Waals surface area contributed by atoms with Crippen molar-refractivity contribution < 1.29 is 9.13 Å². The predicted molar refractivity (Wildman–Crippen MR) is 56.4 cm³/mol. The van der Waals surface area contributed by atoms with Crippen molar-refractivity contribution in [3.05, 3.63) is 29.0 Å². The molecule has 0 unspecified atom stereocenters. The molecular weight excluding hydrogens is 205 g/mol. The molecule has 0 aromatic heterocycles. The van der Waals surface area contributed by atoms with Crippen LogP contribution in [0.25, 0.3) is 0 Å². The molecule has 2 nitrogen and oxygen atoms in total. The van der Waals surface area contributed by atoms with Crippen LogP contribution in [0.4, 0.5) is 10.1 Å². The third-order valence-corrected chi connectivity index (χ3v) is 2.04. The SMILES string of the molecule is COC[C@H](C)Nc1ccc(F)c(Cl)c1. The lowest BCUT2D eigenvalue weighted by atomic mass is 10.2. The Bertz CT molecular complexity index is 306. The molecule has 1 rings (SSSR count). The van der Waals surface area contributed by atoms with Crippen LogP contribution in [0, 0.1) is 5.82 Å². The topological polar surface area (TPSA) is 21.3 Å². The number of nitrogens with one attached hydrogen (secondary N) is 1. The van der Waals surface area contributed by atoms with E-state index >= 15 is 0 Å². The smallest absolute Gasteiger partial charge is 0.141 e. The Labute approximate surface area is 88.0 Å². The van der Waals surface area contributed by atoms with Crippen molar-refractivity contribution >= 4 is 17.3 Å². The zero-order valence-electron chi connectivity index (χ0n) is 8.18. The highest BCUT2D eigenvalue weighted by Crippen LogP contribution is 2.19. The Morgan fingerprint density at radius 1 is 1.57 bits per heavy atom. The van der Waals surface area contributed by atoms with Crippen LogP contribution < -0.4 is 5.32 Å². The molecule has 0 aliphatic carbocycles. The Morgan fingerprint density at radius 2 is 2.29 bits per heavy atom. The third-order valence-electron chi connectivity index (χ3n) is 1.75. The van der Waals surface area contributed by atoms with Crippen LogP contribution in [0.2, 0.25) is 5.02 Å². The van der Waals surface area contributed by atoms with E-state index in [2.05, 4.69) is 5.32 Å². The number of methoxy groups -OCH3 is 1. The molecule has 0 spiro atoms. The Kier molecular flexibility index (Phi) is 4.17. The average molecular weight is 218 g/mol. The van der Waals surface area contributed by atoms with Gasteiger partial charge in [0.05, 0.1) is 11.6 Å². The van der Waals surface area contributed by atoms with Crippen molar-refractivity contribution in [3.8, 4) is 0 Å². The molecule has 14 heavy (non-hydrogen) atoms. The van der Waals surface area contributed by atoms with Crippen molar-refractivity contribution in [2.45, 2.75) is 13.0 Å². The molecule has 0 fully saturated rings. The molecule has 78 valence electrons. The molecule has 0 radical (unpaired) electrons. The monoisotopic (exact) mass is 217 g/mol. The van der Waals surface area contributed by atoms with Crippen LogP contribution >= 0.6 is 11.6 Å². The Hall–Kier alpha value is -0.800. The van der Waals surface area contributed by atoms with Gasteiger partial charge < -0.3 is 10.1 Å². The van der Waals surface area contributed by atoms with E-state index in [4.69, 9.17) is 16.3 Å². The van der Waals surface area contributed by atoms with Gasteiger partial charge >= 0.3 is 0 Å². The van der Waals surface area contributed by atoms with Gasteiger partial charge in [0.1, 0.15) is 5.82 Å². The van der Waals surface area contributed by atoms with Gasteiger partial charge in [-0.25, -0.2) is 4.39 Å². The van der Waals surface area contributed by atoms with E-state index in [0.29, 0.717) is 6.61 Å². The normalized spacial score (nSPS) is 12.6. The van der Waals surface area contributed by atoms with Crippen LogP contribution in [0.1, 0.15) is 6.92 Å². The molecule has 4 heteroatoms. The highest BCUT2D eigenvalue weighted by molar-refractivity contribution is 6.31. The summed E-state index contributed by atoms with van der Waals surface area (Å²) in [6.45, 7) is 2.57. The van der Waals surface area contributed by atoms with Gasteiger partial charge in [0.15, 0.2) is 0 Å². The van der Waals surface area contributed by atoms with Crippen LogP contribution in [0.15, 0.2) is 18.2 Å². The molecule has 1 aromatic carbocycles. The summed E-state index contributed by atoms with van der Waals surface area (Å²) >= 11 is 5.63. The fraction of sp³-hybridized carbons (Fsp3) is 0.400. The Balaban J connectivity index is 2.63. The van der Waals surface area contributed by atoms with E-state index in [-0.39, 0.29) is 11.1 Å². The number of rotatable bonds is 4. The van der Waals surface area contributed by atoms with Crippen molar-refractivity contribution in [2.75, 3.05) is 19.0 Å². The van der Waals surface area contributed by atoms with Gasteiger partial charge in [-0.15, -0.1) is 0 Å². The van der Waals surface area contributed by atoms with Gasteiger partial charge in [-0.05, 0) is 25.1 Å². The van der Waals surface area contributed by atoms with Crippen LogP contribution in [0.5, 0.6) is 0 Å². The van der Waals surface area contributed by atoms with Gasteiger partial charge in [0.25, 0.3) is 0 Å². The summed E-state index contributed by atoms with van der Waals surface area (Å²) in [4.78, 5) is 0. The van der Waals surface area contributed by atoms with E-state index < -0.39 is 5.82 Å². The maximum absolute atomic E-state index is 12.8. The molecule has 1 atom stereocenters. The summed E-state index contributed by atoms with van der Waals surface area (Å²) < 4.78 is 17.8. The first kappa shape index (κ1) is 11.3. The van der Waals surface area contributed by atoms with E-state index in [1.54, 1.807) is 19.2 Å². The Morgan fingerprint density at radius 3 is 2.86 bits per heavy atom. The highest BCUT2D eigenvalue weighted by atomic mass is 35.5. The molecule has 1 N–H and O–H groups in total. The lowest BCUT2D eigenvalue weighted by molar-refractivity contribution is 0.190. The first-order valence-electron chi connectivity index (χ1n) is 4.34. The number of halogens is 2. The number of hydrogen-bond donors (Lipinski definition) is 1. The van der Waals surface area contributed by atoms with Crippen molar-refractivity contribution in [1.29, 1.82) is 0 Å². The van der Waals surface area contributed by atoms with Crippen molar-refractivity contribution in [3.63, 3.8) is 0 Å². The average Bonchev–Trinajstić information content (AvgIpc) is 2.12. The van der Waals surface area contributed by atoms with E-state index in [9.17, 15) is 4.39 Å². The largest absolute Gasteiger partial charge is 0.383 e. The van der Waals surface area contributed by atoms with E-state index in [0.717, 1.165) is 5.69 Å². The molecule has 0 heterocycles. The minimum atomic E-state index is -0.406. The maximum atomic E-state index is 12.8. The molecule has 0 amide bonds. The molecule has 1 aromatic rings. The molecule has 0 aliphatic rings. The molecule has 0 saturated carbocycles. The lowest BCUT2D eigenvalue weighted by Gasteiger charge is -2.14. The first-order valence-corrected chi connectivity index (χ1v) is 4.72. The fourth-order valence-corrected chi connectivity index (χ4v) is 1.34. The fourth-order valence-electron chi connectivity index (χ4n) is 1.16. The van der Waals surface area contributed by atoms with Gasteiger partial charge in [0.2, 0.25) is 0 Å². The lowest BCUT2D eigenvalue weighted by Crippen LogP contribution is -2.20. The summed E-state index contributed by atoms with van der Waals surface area (Å²) in [7, 11) is 1.63. The quantitative estimate of drug-likeness (QED) is 0.838. The van der Waals surface area contributed by atoms with Gasteiger partial charge in [-0.2, -0.15) is 0 Å². The zero-order valence-corrected chi connectivity index (χ0v) is 8.94. The molecule has 0 bridgehead atoms. The number of hydrogen-bond acceptors (Lipinski definition) is 2. The van der Waals surface area contributed by atoms with Gasteiger partial charge in [0, 0.05) is 18.8 Å². The van der Waals surface area contributed by atoms with Gasteiger partial charge in [-0.1, -0.05) is 11.6 Å². The third kappa shape index (κ3) is 3.16. The second-order valence-electron chi connectivity index (χ2n) is 3.13. The molecule has 0 aliphatic heterocycles. The van der Waals surface area contributed by atoms with Gasteiger partial charge in [-0.3, -0.25) is 0 Å². The summed E-state index contributed by atoms with van der Waals surface area (Å²) in [5.41, 5.74) is 0.793. The summed E-state index contributed by atoms with van der Waals surface area (Å²) in [6.07, 6.45) is 0. The predicted octanol–water partition coefficient (Wildman–Crippen LogP) is 2.93. The zero-order chi connectivity index (χ0) is 10.6. The summed E-state index contributed by atoms with van der Waals surface area (Å²) in [5.74, 6) is -0.406. The molecule has 0 saturated heterocycles. The molecular formula is C10H13ClFNO. The van der Waals surface area contributed by atoms with Crippen LogP contribution in [-0.2, 0) is 4.74 Å². The second kappa shape index (κ2) is 5.17. The van der Waals surface area contributed by atoms with E-state index in [1.807, 2.05) is 6.92 Å². The van der Waals surface area contributed by atoms with Crippen molar-refractivity contribution in [2.24, 2.45) is 0 Å². The number of ether oxygens (including phenoxy) is 1. The van der Waals surface area contributed by atoms with Crippen molar-refractivity contribution in [1.82, 2.24) is 0 Å². The number of benzene rings is 1. The van der Waals surface area contributed by atoms with E-state index in [1.165, 1.54) is 6.07 Å². The maximum Gasteiger partial charge on any atom is 0.141 e. The minimum absolute atomic E-state index is 0.125. The first-order chi connectivity index (χ1) is 6.63. The van der Waals surface area contributed by atoms with Crippen LogP contribution in [0.3, 0.4) is 0 Å². The second-order valence-corrected chi connectivity index (χ2v) is 3.54. The minimum Gasteiger partial charge on any atom is -0.383 e.